The lowest BCUT2D eigenvalue weighted by Crippen LogP contribution is -2.30. The van der Waals surface area contributed by atoms with Crippen LogP contribution in [0.1, 0.15) is 24.9 Å². The fraction of sp³-hybridized carbons (Fsp3) is 0.148. The number of sulfone groups is 1. The van der Waals surface area contributed by atoms with Crippen molar-refractivity contribution in [1.29, 1.82) is 0 Å². The minimum absolute atomic E-state index is 0.0304. The molecular weight excluding hydrogens is 558 g/mol. The molecular formula is C27H25N3O8S2. The van der Waals surface area contributed by atoms with Gasteiger partial charge in [0.15, 0.2) is 0 Å². The topological polar surface area (TPSA) is 166 Å². The van der Waals surface area contributed by atoms with E-state index in [2.05, 4.69) is 9.71 Å². The number of carbonyl (C=O) groups excluding carboxylic acids is 1. The van der Waals surface area contributed by atoms with Crippen molar-refractivity contribution < 1.29 is 31.3 Å². The van der Waals surface area contributed by atoms with Crippen LogP contribution in [-0.4, -0.2) is 39.3 Å². The number of hydrogen-bond donors (Lipinski definition) is 2. The summed E-state index contributed by atoms with van der Waals surface area (Å²) in [7, 11) is -8.10. The third-order valence-corrected chi connectivity index (χ3v) is 9.25. The monoisotopic (exact) mass is 583 g/mol. The average molecular weight is 584 g/mol. The van der Waals surface area contributed by atoms with Gasteiger partial charge in [0, 0.05) is 18.3 Å². The minimum Gasteiger partial charge on any atom is -0.466 e. The number of rotatable bonds is 11. The van der Waals surface area contributed by atoms with Gasteiger partial charge in [-0.1, -0.05) is 48.5 Å². The van der Waals surface area contributed by atoms with Crippen molar-refractivity contribution in [2.45, 2.75) is 34.1 Å². The maximum atomic E-state index is 13.3. The van der Waals surface area contributed by atoms with Gasteiger partial charge in [-0.25, -0.2) is 21.6 Å². The van der Waals surface area contributed by atoms with Gasteiger partial charge in [-0.3, -0.25) is 14.9 Å². The molecule has 1 unspecified atom stereocenters. The molecule has 1 aromatic heterocycles. The summed E-state index contributed by atoms with van der Waals surface area (Å²) >= 11 is 0. The first-order valence-corrected chi connectivity index (χ1v) is 15.0. The second kappa shape index (κ2) is 11.8. The molecule has 0 aliphatic heterocycles. The number of ether oxygens (including phenoxy) is 1. The molecule has 0 bridgehead atoms. The highest BCUT2D eigenvalue weighted by molar-refractivity contribution is 7.91. The fourth-order valence-electron chi connectivity index (χ4n) is 4.05. The summed E-state index contributed by atoms with van der Waals surface area (Å²) in [5.41, 5.74) is 0.794. The highest BCUT2D eigenvalue weighted by atomic mass is 32.2. The first kappa shape index (κ1) is 28.7. The van der Waals surface area contributed by atoms with Gasteiger partial charge >= 0.3 is 5.97 Å². The van der Waals surface area contributed by atoms with E-state index in [1.165, 1.54) is 42.6 Å². The smallest absolute Gasteiger partial charge is 0.307 e. The fourth-order valence-corrected chi connectivity index (χ4v) is 6.77. The van der Waals surface area contributed by atoms with E-state index >= 15 is 0 Å². The molecule has 208 valence electrons. The van der Waals surface area contributed by atoms with Crippen LogP contribution in [0.2, 0.25) is 0 Å². The molecule has 0 saturated carbocycles. The Kier molecular flexibility index (Phi) is 8.47. The standard InChI is InChI=1S/C27H25N3O8S2/c1-2-38-26(31)18-24(29-40(36,37)22-8-4-3-5-9-22)19-11-13-20(14-12-19)27-25(15-16-28-27)39(34,35)23-10-6-7-21(17-23)30(32)33/h3-17,24,28-29H,2,18H2,1H3. The first-order valence-electron chi connectivity index (χ1n) is 12.0. The molecule has 0 spiro atoms. The van der Waals surface area contributed by atoms with Crippen LogP contribution in [-0.2, 0) is 29.4 Å². The Morgan fingerprint density at radius 3 is 2.27 bits per heavy atom. The van der Waals surface area contributed by atoms with Gasteiger partial charge in [0.1, 0.15) is 0 Å². The van der Waals surface area contributed by atoms with Gasteiger partial charge in [0.2, 0.25) is 19.9 Å². The molecule has 0 radical (unpaired) electrons. The molecule has 0 amide bonds. The molecule has 0 aliphatic carbocycles. The predicted molar refractivity (Wildman–Crippen MR) is 146 cm³/mol. The van der Waals surface area contributed by atoms with Crippen LogP contribution < -0.4 is 4.72 Å². The highest BCUT2D eigenvalue weighted by Gasteiger charge is 2.27. The van der Waals surface area contributed by atoms with E-state index in [0.717, 1.165) is 6.07 Å². The quantitative estimate of drug-likeness (QED) is 0.149. The summed E-state index contributed by atoms with van der Waals surface area (Å²) in [6.45, 7) is 1.77. The van der Waals surface area contributed by atoms with Crippen LogP contribution in [0.4, 0.5) is 5.69 Å². The van der Waals surface area contributed by atoms with E-state index in [0.29, 0.717) is 11.1 Å². The Bertz CT molecular complexity index is 1730. The third kappa shape index (κ3) is 6.28. The van der Waals surface area contributed by atoms with Crippen LogP contribution >= 0.6 is 0 Å². The molecule has 13 heteroatoms. The highest BCUT2D eigenvalue weighted by Crippen LogP contribution is 2.33. The number of nitrogens with one attached hydrogen (secondary N) is 2. The summed E-state index contributed by atoms with van der Waals surface area (Å²) < 4.78 is 60.2. The lowest BCUT2D eigenvalue weighted by Gasteiger charge is -2.19. The molecule has 3 aromatic carbocycles. The van der Waals surface area contributed by atoms with Crippen molar-refractivity contribution in [3.63, 3.8) is 0 Å². The molecule has 2 N–H and O–H groups in total. The van der Waals surface area contributed by atoms with Crippen LogP contribution in [0.15, 0.2) is 106 Å². The molecule has 1 atom stereocenters. The Morgan fingerprint density at radius 1 is 0.950 bits per heavy atom. The zero-order valence-corrected chi connectivity index (χ0v) is 22.8. The number of aromatic amines is 1. The van der Waals surface area contributed by atoms with E-state index < -0.39 is 36.8 Å². The van der Waals surface area contributed by atoms with Crippen molar-refractivity contribution in [3.8, 4) is 11.3 Å². The average Bonchev–Trinajstić information content (AvgIpc) is 3.44. The largest absolute Gasteiger partial charge is 0.466 e. The number of sulfonamides is 1. The number of nitro benzene ring substituents is 1. The number of carbonyl (C=O) groups is 1. The van der Waals surface area contributed by atoms with Crippen molar-refractivity contribution >= 4 is 31.5 Å². The van der Waals surface area contributed by atoms with Gasteiger partial charge in [-0.2, -0.15) is 0 Å². The normalized spacial score (nSPS) is 12.5. The number of aromatic nitrogens is 1. The molecule has 1 heterocycles. The minimum atomic E-state index is -4.12. The summed E-state index contributed by atoms with van der Waals surface area (Å²) in [5.74, 6) is -0.595. The molecule has 4 rings (SSSR count). The summed E-state index contributed by atoms with van der Waals surface area (Å²) in [4.78, 5) is 25.4. The second-order valence-electron chi connectivity index (χ2n) is 8.59. The lowest BCUT2D eigenvalue weighted by atomic mass is 10.0. The lowest BCUT2D eigenvalue weighted by molar-refractivity contribution is -0.385. The third-order valence-electron chi connectivity index (χ3n) is 5.97. The van der Waals surface area contributed by atoms with Gasteiger partial charge in [0.25, 0.3) is 5.69 Å². The van der Waals surface area contributed by atoms with E-state index in [9.17, 15) is 31.7 Å². The Hall–Kier alpha value is -4.33. The molecule has 11 nitrogen and oxygen atoms in total. The number of nitro groups is 1. The molecule has 4 aromatic rings. The maximum Gasteiger partial charge on any atom is 0.307 e. The second-order valence-corrected chi connectivity index (χ2v) is 12.2. The zero-order chi connectivity index (χ0) is 28.9. The van der Waals surface area contributed by atoms with E-state index in [4.69, 9.17) is 4.74 Å². The van der Waals surface area contributed by atoms with E-state index in [1.807, 2.05) is 0 Å². The number of hydrogen-bond acceptors (Lipinski definition) is 8. The zero-order valence-electron chi connectivity index (χ0n) is 21.2. The number of non-ortho nitro benzene ring substituents is 1. The predicted octanol–water partition coefficient (Wildman–Crippen LogP) is 4.40. The van der Waals surface area contributed by atoms with Crippen molar-refractivity contribution in [2.75, 3.05) is 6.61 Å². The Morgan fingerprint density at radius 2 is 1.62 bits per heavy atom. The maximum absolute atomic E-state index is 13.3. The molecule has 40 heavy (non-hydrogen) atoms. The SMILES string of the molecule is CCOC(=O)CC(NS(=O)(=O)c1ccccc1)c1ccc(-c2[nH]ccc2S(=O)(=O)c2cccc([N+](=O)[O-])c2)cc1. The van der Waals surface area contributed by atoms with Gasteiger partial charge in [-0.05, 0) is 42.3 Å². The van der Waals surface area contributed by atoms with Gasteiger partial charge in [0.05, 0.1) is 44.4 Å². The number of benzene rings is 3. The molecule has 0 saturated heterocycles. The molecule has 0 aliphatic rings. The summed E-state index contributed by atoms with van der Waals surface area (Å²) in [6.07, 6.45) is 1.17. The van der Waals surface area contributed by atoms with Crippen LogP contribution in [0.3, 0.4) is 0 Å². The van der Waals surface area contributed by atoms with E-state index in [-0.39, 0.29) is 39.1 Å². The number of H-pyrrole nitrogens is 1. The van der Waals surface area contributed by atoms with E-state index in [1.54, 1.807) is 49.4 Å². The number of nitrogens with zero attached hydrogens (tertiary/aromatic N) is 1. The molecule has 0 fully saturated rings. The van der Waals surface area contributed by atoms with Crippen LogP contribution in [0.5, 0.6) is 0 Å². The van der Waals surface area contributed by atoms with Crippen LogP contribution in [0, 0.1) is 10.1 Å². The number of esters is 1. The Labute approximate surface area is 231 Å². The van der Waals surface area contributed by atoms with Crippen molar-refractivity contribution in [2.24, 2.45) is 0 Å². The summed E-state index contributed by atoms with van der Waals surface area (Å²) in [5, 5.41) is 11.1. The van der Waals surface area contributed by atoms with Gasteiger partial charge < -0.3 is 9.72 Å². The Balaban J connectivity index is 1.67. The van der Waals surface area contributed by atoms with Crippen molar-refractivity contribution in [1.82, 2.24) is 9.71 Å². The summed E-state index contributed by atoms with van der Waals surface area (Å²) in [6, 6.07) is 19.2. The van der Waals surface area contributed by atoms with Crippen LogP contribution in [0.25, 0.3) is 11.3 Å². The first-order chi connectivity index (χ1) is 19.0. The van der Waals surface area contributed by atoms with Crippen molar-refractivity contribution in [3.05, 3.63) is 107 Å². The van der Waals surface area contributed by atoms with Gasteiger partial charge in [-0.15, -0.1) is 0 Å².